The average molecular weight is 193 g/mol. The van der Waals surface area contributed by atoms with Crippen LogP contribution in [0.25, 0.3) is 0 Å². The molecule has 1 heterocycles. The number of hydrogen-bond donors (Lipinski definition) is 0. The summed E-state index contributed by atoms with van der Waals surface area (Å²) in [6.07, 6.45) is 14.5. The molecule has 0 bridgehead atoms. The minimum Gasteiger partial charge on any atom is -0.300 e. The largest absolute Gasteiger partial charge is 0.300 e. The van der Waals surface area contributed by atoms with E-state index in [4.69, 9.17) is 0 Å². The van der Waals surface area contributed by atoms with Crippen LogP contribution in [0.5, 0.6) is 0 Å². The highest BCUT2D eigenvalue weighted by molar-refractivity contribution is 4.86. The Morgan fingerprint density at radius 3 is 2.43 bits per heavy atom. The van der Waals surface area contributed by atoms with Crippen LogP contribution in [-0.4, -0.2) is 24.5 Å². The Balaban J connectivity index is 1.89. The molecule has 0 spiro atoms. The second-order valence-corrected chi connectivity index (χ2v) is 4.05. The molecular formula is C13H23N. The van der Waals surface area contributed by atoms with Gasteiger partial charge >= 0.3 is 0 Å². The minimum atomic E-state index is 1.17. The van der Waals surface area contributed by atoms with E-state index in [-0.39, 0.29) is 0 Å². The van der Waals surface area contributed by atoms with Crippen LogP contribution in [0, 0.1) is 0 Å². The lowest BCUT2D eigenvalue weighted by Gasteiger charge is -2.10. The summed E-state index contributed by atoms with van der Waals surface area (Å²) < 4.78 is 0. The molecule has 0 aromatic rings. The van der Waals surface area contributed by atoms with E-state index in [1.807, 2.05) is 6.08 Å². The van der Waals surface area contributed by atoms with Gasteiger partial charge in [0.05, 0.1) is 0 Å². The summed E-state index contributed by atoms with van der Waals surface area (Å²) in [5.74, 6) is 0. The maximum atomic E-state index is 3.72. The predicted molar refractivity (Wildman–Crippen MR) is 63.5 cm³/mol. The quantitative estimate of drug-likeness (QED) is 0.442. The van der Waals surface area contributed by atoms with Gasteiger partial charge in [0.1, 0.15) is 0 Å². The van der Waals surface area contributed by atoms with Gasteiger partial charge in [-0.3, -0.25) is 4.90 Å². The van der Waals surface area contributed by atoms with Crippen molar-refractivity contribution in [2.75, 3.05) is 19.6 Å². The van der Waals surface area contributed by atoms with Crippen molar-refractivity contribution in [3.8, 4) is 0 Å². The zero-order valence-corrected chi connectivity index (χ0v) is 9.25. The maximum Gasteiger partial charge on any atom is 0.0163 e. The zero-order valence-electron chi connectivity index (χ0n) is 9.25. The van der Waals surface area contributed by atoms with Gasteiger partial charge in [0, 0.05) is 6.54 Å². The Labute approximate surface area is 88.5 Å². The molecule has 0 radical (unpaired) electrons. The van der Waals surface area contributed by atoms with Gasteiger partial charge in [-0.15, -0.1) is 6.58 Å². The highest BCUT2D eigenvalue weighted by Gasteiger charge is 2.08. The third-order valence-corrected chi connectivity index (χ3v) is 2.76. The van der Waals surface area contributed by atoms with Crippen LogP contribution >= 0.6 is 0 Å². The molecule has 1 aliphatic heterocycles. The number of hydrogen-bond acceptors (Lipinski definition) is 1. The molecule has 0 atom stereocenters. The summed E-state index contributed by atoms with van der Waals surface area (Å²) in [6.45, 7) is 7.50. The fourth-order valence-corrected chi connectivity index (χ4v) is 1.86. The molecule has 0 unspecified atom stereocenters. The van der Waals surface area contributed by atoms with E-state index < -0.39 is 0 Å². The van der Waals surface area contributed by atoms with Crippen LogP contribution in [-0.2, 0) is 0 Å². The van der Waals surface area contributed by atoms with Gasteiger partial charge in [-0.1, -0.05) is 18.2 Å². The summed E-state index contributed by atoms with van der Waals surface area (Å²) in [4.78, 5) is 2.53. The van der Waals surface area contributed by atoms with E-state index in [9.17, 15) is 0 Å². The van der Waals surface area contributed by atoms with Gasteiger partial charge in [0.2, 0.25) is 0 Å². The number of rotatable bonds is 7. The summed E-state index contributed by atoms with van der Waals surface area (Å²) in [6, 6.07) is 0. The van der Waals surface area contributed by atoms with Crippen LogP contribution in [0.3, 0.4) is 0 Å². The molecule has 1 nitrogen and oxygen atoms in total. The number of allylic oxidation sites excluding steroid dienone is 2. The molecule has 1 aliphatic rings. The van der Waals surface area contributed by atoms with Crippen molar-refractivity contribution in [3.63, 3.8) is 0 Å². The van der Waals surface area contributed by atoms with Crippen molar-refractivity contribution >= 4 is 0 Å². The molecule has 1 rings (SSSR count). The van der Waals surface area contributed by atoms with Crippen LogP contribution in [0.1, 0.15) is 38.5 Å². The number of likely N-dealkylation sites (tertiary alicyclic amines) is 1. The molecule has 14 heavy (non-hydrogen) atoms. The van der Waals surface area contributed by atoms with E-state index >= 15 is 0 Å². The Morgan fingerprint density at radius 2 is 1.71 bits per heavy atom. The van der Waals surface area contributed by atoms with Gasteiger partial charge in [-0.2, -0.15) is 0 Å². The van der Waals surface area contributed by atoms with Crippen LogP contribution < -0.4 is 0 Å². The van der Waals surface area contributed by atoms with Gasteiger partial charge in [0.15, 0.2) is 0 Å². The number of nitrogens with zero attached hydrogens (tertiary/aromatic N) is 1. The van der Waals surface area contributed by atoms with Crippen LogP contribution in [0.2, 0.25) is 0 Å². The van der Waals surface area contributed by atoms with Crippen molar-refractivity contribution in [2.24, 2.45) is 0 Å². The Hall–Kier alpha value is -0.560. The van der Waals surface area contributed by atoms with Crippen molar-refractivity contribution in [1.29, 1.82) is 0 Å². The van der Waals surface area contributed by atoms with Gasteiger partial charge in [-0.05, 0) is 51.6 Å². The van der Waals surface area contributed by atoms with Crippen LogP contribution in [0.15, 0.2) is 24.8 Å². The molecule has 0 aromatic carbocycles. The smallest absolute Gasteiger partial charge is 0.0163 e. The van der Waals surface area contributed by atoms with E-state index in [2.05, 4.69) is 23.6 Å². The van der Waals surface area contributed by atoms with Crippen molar-refractivity contribution in [3.05, 3.63) is 24.8 Å². The van der Waals surface area contributed by atoms with E-state index in [0.717, 1.165) is 0 Å². The molecule has 0 saturated carbocycles. The third kappa shape index (κ3) is 5.23. The zero-order chi connectivity index (χ0) is 10.1. The Kier molecular flexibility index (Phi) is 6.42. The molecular weight excluding hydrogens is 170 g/mol. The van der Waals surface area contributed by atoms with E-state index in [1.54, 1.807) is 0 Å². The fraction of sp³-hybridized carbons (Fsp3) is 0.692. The van der Waals surface area contributed by atoms with Gasteiger partial charge in [0.25, 0.3) is 0 Å². The molecule has 80 valence electrons. The van der Waals surface area contributed by atoms with Crippen molar-refractivity contribution < 1.29 is 0 Å². The molecule has 0 aliphatic carbocycles. The lowest BCUT2D eigenvalue weighted by atomic mass is 10.2. The van der Waals surface area contributed by atoms with Crippen LogP contribution in [0.4, 0.5) is 0 Å². The first-order valence-corrected chi connectivity index (χ1v) is 5.92. The van der Waals surface area contributed by atoms with Gasteiger partial charge < -0.3 is 0 Å². The third-order valence-electron chi connectivity index (χ3n) is 2.76. The fourth-order valence-electron chi connectivity index (χ4n) is 1.86. The van der Waals surface area contributed by atoms with Gasteiger partial charge in [-0.25, -0.2) is 0 Å². The first-order valence-electron chi connectivity index (χ1n) is 5.92. The maximum absolute atomic E-state index is 3.72. The average Bonchev–Trinajstić information content (AvgIpc) is 2.69. The monoisotopic (exact) mass is 193 g/mol. The highest BCUT2D eigenvalue weighted by Crippen LogP contribution is 2.07. The molecule has 1 heteroatoms. The normalized spacial score (nSPS) is 18.0. The summed E-state index contributed by atoms with van der Waals surface area (Å²) in [7, 11) is 0. The molecule has 0 N–H and O–H groups in total. The molecule has 0 amide bonds. The van der Waals surface area contributed by atoms with E-state index in [1.165, 1.54) is 58.2 Å². The second kappa shape index (κ2) is 7.81. The Morgan fingerprint density at radius 1 is 1.00 bits per heavy atom. The summed E-state index contributed by atoms with van der Waals surface area (Å²) in [5, 5.41) is 0. The Bertz CT molecular complexity index is 166. The SMILES string of the molecule is C=CCCCC/C=C\CN1CCCC1. The lowest BCUT2D eigenvalue weighted by molar-refractivity contribution is 0.377. The lowest BCUT2D eigenvalue weighted by Crippen LogP contribution is -2.18. The summed E-state index contributed by atoms with van der Waals surface area (Å²) in [5.41, 5.74) is 0. The topological polar surface area (TPSA) is 3.24 Å². The molecule has 1 saturated heterocycles. The molecule has 1 fully saturated rings. The standard InChI is InChI=1S/C13H23N/c1-2-3-4-5-6-7-8-11-14-12-9-10-13-14/h2,7-8H,1,3-6,9-13H2/b8-7-. The number of unbranched alkanes of at least 4 members (excludes halogenated alkanes) is 3. The first kappa shape index (κ1) is 11.5. The minimum absolute atomic E-state index is 1.17. The molecule has 0 aromatic heterocycles. The first-order chi connectivity index (χ1) is 6.93. The van der Waals surface area contributed by atoms with Crippen molar-refractivity contribution in [1.82, 2.24) is 4.90 Å². The summed E-state index contributed by atoms with van der Waals surface area (Å²) >= 11 is 0. The highest BCUT2D eigenvalue weighted by atomic mass is 15.1. The van der Waals surface area contributed by atoms with Crippen molar-refractivity contribution in [2.45, 2.75) is 38.5 Å². The second-order valence-electron chi connectivity index (χ2n) is 4.05. The predicted octanol–water partition coefficient (Wildman–Crippen LogP) is 3.38. The van der Waals surface area contributed by atoms with E-state index in [0.29, 0.717) is 0 Å².